The van der Waals surface area contributed by atoms with Crippen molar-refractivity contribution >= 4 is 29.5 Å². The number of phenols is 2. The van der Waals surface area contributed by atoms with Crippen molar-refractivity contribution < 1.29 is 19.8 Å². The Hall–Kier alpha value is -2.60. The van der Waals surface area contributed by atoms with E-state index in [1.807, 2.05) is 26.0 Å². The second-order valence-electron chi connectivity index (χ2n) is 8.94. The van der Waals surface area contributed by atoms with Gasteiger partial charge in [-0.3, -0.25) is 14.6 Å². The summed E-state index contributed by atoms with van der Waals surface area (Å²) in [5, 5.41) is 21.3. The second kappa shape index (κ2) is 10.3. The third kappa shape index (κ3) is 5.41. The number of nitrogens with zero attached hydrogens (tertiary/aromatic N) is 1. The molecule has 3 atom stereocenters. The number of aliphatic imine (C=N–C) groups is 1. The third-order valence-corrected chi connectivity index (χ3v) is 7.33. The van der Waals surface area contributed by atoms with Crippen LogP contribution in [0.4, 0.5) is 0 Å². The first-order valence-electron chi connectivity index (χ1n) is 10.8. The molecule has 1 aromatic rings. The van der Waals surface area contributed by atoms with E-state index in [2.05, 4.69) is 24.9 Å². The van der Waals surface area contributed by atoms with E-state index in [0.29, 0.717) is 29.2 Å². The van der Waals surface area contributed by atoms with Gasteiger partial charge in [-0.15, -0.1) is 0 Å². The fourth-order valence-corrected chi connectivity index (χ4v) is 4.29. The molecule has 0 heterocycles. The number of benzene rings is 1. The summed E-state index contributed by atoms with van der Waals surface area (Å²) in [5.41, 5.74) is 6.88. The number of amides is 1. The molecule has 2 rings (SSSR count). The molecular weight excluding hydrogens is 428 g/mol. The Labute approximate surface area is 194 Å². The number of phenolic OH excluding ortho intramolecular Hbond substituents is 2. The van der Waals surface area contributed by atoms with Crippen molar-refractivity contribution in [3.8, 4) is 11.5 Å². The van der Waals surface area contributed by atoms with Crippen molar-refractivity contribution in [3.05, 3.63) is 45.5 Å². The lowest BCUT2D eigenvalue weighted by Crippen LogP contribution is -2.40. The van der Waals surface area contributed by atoms with E-state index >= 15 is 0 Å². The topological polar surface area (TPSA) is 113 Å². The number of nitrogens with two attached hydrogens (primary N) is 1. The van der Waals surface area contributed by atoms with Crippen LogP contribution < -0.4 is 5.73 Å². The Morgan fingerprint density at radius 2 is 1.97 bits per heavy atom. The smallest absolute Gasteiger partial charge is 0.239 e. The molecule has 1 saturated carbocycles. The Morgan fingerprint density at radius 3 is 2.59 bits per heavy atom. The highest BCUT2D eigenvalue weighted by molar-refractivity contribution is 6.33. The van der Waals surface area contributed by atoms with Crippen molar-refractivity contribution in [2.75, 3.05) is 6.54 Å². The van der Waals surface area contributed by atoms with E-state index in [1.54, 1.807) is 6.92 Å². The van der Waals surface area contributed by atoms with Gasteiger partial charge in [0.2, 0.25) is 5.91 Å². The van der Waals surface area contributed by atoms with Crippen LogP contribution in [0.25, 0.3) is 0 Å². The highest BCUT2D eigenvalue weighted by atomic mass is 35.5. The molecule has 174 valence electrons. The minimum absolute atomic E-state index is 0.0402. The minimum Gasteiger partial charge on any atom is -0.507 e. The number of halogens is 1. The monoisotopic (exact) mass is 460 g/mol. The molecule has 1 amide bonds. The molecule has 0 unspecified atom stereocenters. The predicted molar refractivity (Wildman–Crippen MR) is 128 cm³/mol. The summed E-state index contributed by atoms with van der Waals surface area (Å²) < 4.78 is 0. The van der Waals surface area contributed by atoms with Crippen LogP contribution >= 0.6 is 11.6 Å². The second-order valence-corrected chi connectivity index (χ2v) is 9.32. The summed E-state index contributed by atoms with van der Waals surface area (Å²) in [7, 11) is 0. The van der Waals surface area contributed by atoms with Gasteiger partial charge in [-0.25, -0.2) is 0 Å². The first-order chi connectivity index (χ1) is 14.9. The Morgan fingerprint density at radius 1 is 1.31 bits per heavy atom. The number of carbonyl (C=O) groups is 2. The molecule has 6 nitrogen and oxygen atoms in total. The van der Waals surface area contributed by atoms with Crippen LogP contribution in [0.15, 0.2) is 28.8 Å². The molecule has 4 N–H and O–H groups in total. The lowest BCUT2D eigenvalue weighted by Gasteiger charge is -2.42. The summed E-state index contributed by atoms with van der Waals surface area (Å²) in [4.78, 5) is 27.1. The molecular formula is C25H33ClN2O4. The first-order valence-corrected chi connectivity index (χ1v) is 11.2. The van der Waals surface area contributed by atoms with Crippen molar-refractivity contribution in [2.45, 2.75) is 53.9 Å². The van der Waals surface area contributed by atoms with Gasteiger partial charge in [0, 0.05) is 29.7 Å². The van der Waals surface area contributed by atoms with Crippen LogP contribution in [0.5, 0.6) is 11.5 Å². The lowest BCUT2D eigenvalue weighted by molar-refractivity contribution is -0.129. The molecule has 1 aromatic carbocycles. The zero-order valence-electron chi connectivity index (χ0n) is 19.4. The van der Waals surface area contributed by atoms with Crippen LogP contribution in [0.1, 0.15) is 57.2 Å². The SMILES string of the molecule is CC(/C=C/[C@@]1(C)[C@H](C)CCC(=O)[C@@H]1C)=C\Cc1c(O)c(Cl)c(C)c(C=NCC(N)=O)c1O. The summed E-state index contributed by atoms with van der Waals surface area (Å²) in [5.74, 6) is -0.268. The number of primary amides is 1. The van der Waals surface area contributed by atoms with E-state index in [0.717, 1.165) is 12.0 Å². The van der Waals surface area contributed by atoms with E-state index < -0.39 is 5.91 Å². The third-order valence-electron chi connectivity index (χ3n) is 6.87. The molecule has 0 bridgehead atoms. The van der Waals surface area contributed by atoms with Gasteiger partial charge in [0.05, 0.1) is 5.02 Å². The average Bonchev–Trinajstić information content (AvgIpc) is 2.74. The quantitative estimate of drug-likeness (QED) is 0.406. The Kier molecular flexibility index (Phi) is 8.29. The van der Waals surface area contributed by atoms with Crippen LogP contribution in [0.2, 0.25) is 5.02 Å². The fraction of sp³-hybridized carbons (Fsp3) is 0.480. The van der Waals surface area contributed by atoms with Crippen molar-refractivity contribution in [2.24, 2.45) is 28.0 Å². The molecule has 0 saturated heterocycles. The zero-order valence-corrected chi connectivity index (χ0v) is 20.2. The normalized spacial score (nSPS) is 24.6. The zero-order chi connectivity index (χ0) is 24.2. The largest absolute Gasteiger partial charge is 0.507 e. The van der Waals surface area contributed by atoms with Gasteiger partial charge in [0.15, 0.2) is 0 Å². The fourth-order valence-electron chi connectivity index (χ4n) is 4.07. The summed E-state index contributed by atoms with van der Waals surface area (Å²) in [6.07, 6.45) is 9.08. The molecule has 0 aliphatic heterocycles. The number of rotatable bonds is 7. The molecule has 0 spiro atoms. The number of aromatic hydroxyl groups is 2. The van der Waals surface area contributed by atoms with E-state index in [1.165, 1.54) is 6.21 Å². The van der Waals surface area contributed by atoms with Crippen LogP contribution in [0, 0.1) is 24.2 Å². The number of allylic oxidation sites excluding steroid dienone is 4. The van der Waals surface area contributed by atoms with E-state index in [9.17, 15) is 19.8 Å². The van der Waals surface area contributed by atoms with E-state index in [4.69, 9.17) is 17.3 Å². The molecule has 1 fully saturated rings. The van der Waals surface area contributed by atoms with Gasteiger partial charge in [-0.05, 0) is 43.6 Å². The van der Waals surface area contributed by atoms with Crippen molar-refractivity contribution in [3.63, 3.8) is 0 Å². The average molecular weight is 461 g/mol. The molecule has 32 heavy (non-hydrogen) atoms. The van der Waals surface area contributed by atoms with Crippen LogP contribution in [0.3, 0.4) is 0 Å². The highest BCUT2D eigenvalue weighted by Crippen LogP contribution is 2.45. The summed E-state index contributed by atoms with van der Waals surface area (Å²) in [6, 6.07) is 0. The molecule has 1 aliphatic rings. The van der Waals surface area contributed by atoms with Crippen LogP contribution in [-0.2, 0) is 16.0 Å². The highest BCUT2D eigenvalue weighted by Gasteiger charge is 2.41. The van der Waals surface area contributed by atoms with Gasteiger partial charge < -0.3 is 15.9 Å². The maximum atomic E-state index is 12.2. The first kappa shape index (κ1) is 25.7. The van der Waals surface area contributed by atoms with Gasteiger partial charge in [0.1, 0.15) is 23.8 Å². The molecule has 7 heteroatoms. The summed E-state index contributed by atoms with van der Waals surface area (Å²) in [6.45, 7) is 9.66. The Bertz CT molecular complexity index is 996. The number of ketones is 1. The lowest BCUT2D eigenvalue weighted by atomic mass is 9.61. The maximum Gasteiger partial charge on any atom is 0.239 e. The number of Topliss-reactive ketones (excluding diaryl/α,β-unsaturated/α-hetero) is 1. The summed E-state index contributed by atoms with van der Waals surface area (Å²) >= 11 is 6.26. The molecule has 0 radical (unpaired) electrons. The number of carbonyl (C=O) groups excluding carboxylic acids is 2. The molecule has 1 aliphatic carbocycles. The number of hydrogen-bond donors (Lipinski definition) is 3. The molecule has 0 aromatic heterocycles. The van der Waals surface area contributed by atoms with Gasteiger partial charge >= 0.3 is 0 Å². The van der Waals surface area contributed by atoms with E-state index in [-0.39, 0.29) is 46.4 Å². The van der Waals surface area contributed by atoms with Gasteiger partial charge in [-0.2, -0.15) is 0 Å². The predicted octanol–water partition coefficient (Wildman–Crippen LogP) is 4.65. The minimum atomic E-state index is -0.592. The maximum absolute atomic E-state index is 12.2. The van der Waals surface area contributed by atoms with Crippen LogP contribution in [-0.4, -0.2) is 34.7 Å². The standard InChI is InChI=1S/C25H33ClN2O4/c1-14(10-11-25(5)15(2)7-9-20(29)17(25)4)6-8-18-23(31)19(12-28-13-21(27)30)16(3)22(26)24(18)32/h6,10-12,15,17,31-32H,7-9,13H2,1-5H3,(H2,27,30)/b11-10+,14-6+,28-12?/t15-,17+,25+/m1/s1. The van der Waals surface area contributed by atoms with Crippen molar-refractivity contribution in [1.29, 1.82) is 0 Å². The Balaban J connectivity index is 2.31. The van der Waals surface area contributed by atoms with Gasteiger partial charge in [0.25, 0.3) is 0 Å². The van der Waals surface area contributed by atoms with Gasteiger partial charge in [-0.1, -0.05) is 56.2 Å². The number of hydrogen-bond acceptors (Lipinski definition) is 5. The van der Waals surface area contributed by atoms with Crippen molar-refractivity contribution in [1.82, 2.24) is 0 Å².